The molecule has 0 aliphatic carbocycles. The Morgan fingerprint density at radius 3 is 2.12 bits per heavy atom. The molecule has 0 amide bonds. The number of aliphatic hydroxyl groups is 2. The summed E-state index contributed by atoms with van der Waals surface area (Å²) in [4.78, 5) is 45.8. The van der Waals surface area contributed by atoms with Crippen LogP contribution in [0, 0.1) is 0 Å². The Kier molecular flexibility index (Phi) is 5.24. The summed E-state index contributed by atoms with van der Waals surface area (Å²) in [5.41, 5.74) is -2.66. The van der Waals surface area contributed by atoms with Crippen molar-refractivity contribution in [1.82, 2.24) is 4.40 Å². The highest BCUT2D eigenvalue weighted by atomic mass is 16.5. The molecule has 0 saturated carbocycles. The van der Waals surface area contributed by atoms with Crippen LogP contribution in [0.2, 0.25) is 0 Å². The summed E-state index contributed by atoms with van der Waals surface area (Å²) in [6.45, 7) is -0.667. The third-order valence-corrected chi connectivity index (χ3v) is 3.37. The number of fused-ring (bicyclic) bond motifs is 1. The van der Waals surface area contributed by atoms with E-state index in [0.717, 1.165) is 22.9 Å². The summed E-state index contributed by atoms with van der Waals surface area (Å²) in [5.74, 6) is -6.20. The predicted octanol–water partition coefficient (Wildman–Crippen LogP) is -0.317. The Morgan fingerprint density at radius 2 is 1.62 bits per heavy atom. The molecule has 1 atom stereocenters. The third kappa shape index (κ3) is 3.63. The monoisotopic (exact) mass is 367 g/mol. The Morgan fingerprint density at radius 1 is 1.00 bits per heavy atom. The summed E-state index contributed by atoms with van der Waals surface area (Å²) in [6.07, 6.45) is 0.0949. The van der Waals surface area contributed by atoms with E-state index in [-0.39, 0.29) is 11.3 Å². The second-order valence-corrected chi connectivity index (χ2v) is 5.19. The predicted molar refractivity (Wildman–Crippen MR) is 81.6 cm³/mol. The molecule has 2 heterocycles. The van der Waals surface area contributed by atoms with Crippen molar-refractivity contribution >= 4 is 29.4 Å². The van der Waals surface area contributed by atoms with Gasteiger partial charge in [-0.1, -0.05) is 0 Å². The van der Waals surface area contributed by atoms with Crippen LogP contribution in [0.4, 0.5) is 0 Å². The van der Waals surface area contributed by atoms with Gasteiger partial charge in [0.1, 0.15) is 5.75 Å². The van der Waals surface area contributed by atoms with Gasteiger partial charge in [0.15, 0.2) is 0 Å². The van der Waals surface area contributed by atoms with Crippen LogP contribution in [0.1, 0.15) is 37.5 Å². The maximum absolute atomic E-state index is 11.6. The van der Waals surface area contributed by atoms with Gasteiger partial charge >= 0.3 is 23.9 Å². The normalized spacial score (nSPS) is 11.9. The Balaban J connectivity index is 2.59. The lowest BCUT2D eigenvalue weighted by Gasteiger charge is -2.08. The molecular weight excluding hydrogens is 354 g/mol. The molecule has 0 radical (unpaired) electrons. The highest BCUT2D eigenvalue weighted by molar-refractivity contribution is 6.12. The van der Waals surface area contributed by atoms with Crippen molar-refractivity contribution in [2.24, 2.45) is 0 Å². The van der Waals surface area contributed by atoms with Crippen LogP contribution < -0.4 is 4.74 Å². The van der Waals surface area contributed by atoms with Gasteiger partial charge < -0.3 is 34.7 Å². The van der Waals surface area contributed by atoms with Gasteiger partial charge in [-0.3, -0.25) is 4.79 Å². The van der Waals surface area contributed by atoms with Gasteiger partial charge in [0, 0.05) is 12.3 Å². The van der Waals surface area contributed by atoms with E-state index in [4.69, 9.17) is 14.9 Å². The van der Waals surface area contributed by atoms with E-state index < -0.39 is 59.7 Å². The van der Waals surface area contributed by atoms with Crippen LogP contribution in [-0.2, 0) is 4.79 Å². The van der Waals surface area contributed by atoms with Crippen molar-refractivity contribution in [3.05, 3.63) is 35.2 Å². The fourth-order valence-electron chi connectivity index (χ4n) is 2.31. The Labute approximate surface area is 144 Å². The van der Waals surface area contributed by atoms with Gasteiger partial charge in [0.05, 0.1) is 47.5 Å². The van der Waals surface area contributed by atoms with Crippen molar-refractivity contribution in [3.63, 3.8) is 0 Å². The zero-order valence-corrected chi connectivity index (χ0v) is 12.9. The molecule has 2 aromatic heterocycles. The molecule has 11 nitrogen and oxygen atoms in total. The molecule has 11 heteroatoms. The molecule has 0 bridgehead atoms. The number of aromatic nitrogens is 1. The van der Waals surface area contributed by atoms with Gasteiger partial charge in [0.2, 0.25) is 0 Å². The van der Waals surface area contributed by atoms with Crippen molar-refractivity contribution in [2.75, 3.05) is 6.61 Å². The number of ether oxygens (including phenoxy) is 1. The van der Waals surface area contributed by atoms with Gasteiger partial charge in [0.25, 0.3) is 0 Å². The molecule has 0 spiro atoms. The zero-order valence-electron chi connectivity index (χ0n) is 12.9. The highest BCUT2D eigenvalue weighted by Crippen LogP contribution is 2.27. The lowest BCUT2D eigenvalue weighted by Crippen LogP contribution is -2.20. The number of aliphatic hydroxyl groups excluding tert-OH is 2. The van der Waals surface area contributed by atoms with Gasteiger partial charge in [-0.25, -0.2) is 14.4 Å². The fourth-order valence-corrected chi connectivity index (χ4v) is 2.31. The second-order valence-electron chi connectivity index (χ2n) is 5.19. The third-order valence-electron chi connectivity index (χ3n) is 3.37. The number of carboxylic acid groups (broad SMARTS) is 3. The van der Waals surface area contributed by atoms with Crippen molar-refractivity contribution in [3.8, 4) is 5.75 Å². The first-order chi connectivity index (χ1) is 12.1. The number of hydrogen-bond donors (Lipinski definition) is 5. The Hall–Kier alpha value is -3.44. The summed E-state index contributed by atoms with van der Waals surface area (Å²) in [7, 11) is 0. The van der Waals surface area contributed by atoms with E-state index in [2.05, 4.69) is 0 Å². The van der Waals surface area contributed by atoms with E-state index in [1.165, 1.54) is 0 Å². The van der Waals surface area contributed by atoms with Crippen molar-refractivity contribution in [2.45, 2.75) is 12.5 Å². The molecule has 1 unspecified atom stereocenters. The topological polar surface area (TPSA) is 183 Å². The Bertz CT molecular complexity index is 913. The molecule has 0 saturated heterocycles. The van der Waals surface area contributed by atoms with Crippen LogP contribution in [0.3, 0.4) is 0 Å². The number of pyridine rings is 1. The molecule has 0 aromatic carbocycles. The lowest BCUT2D eigenvalue weighted by atomic mass is 10.0. The van der Waals surface area contributed by atoms with Crippen LogP contribution in [0.25, 0.3) is 5.52 Å². The first-order valence-electron chi connectivity index (χ1n) is 7.03. The van der Waals surface area contributed by atoms with Gasteiger partial charge in [-0.2, -0.15) is 0 Å². The molecule has 138 valence electrons. The smallest absolute Gasteiger partial charge is 0.338 e. The van der Waals surface area contributed by atoms with E-state index in [0.29, 0.717) is 0 Å². The van der Waals surface area contributed by atoms with Crippen LogP contribution in [-0.4, -0.2) is 66.5 Å². The molecular formula is C15H13NO10. The average molecular weight is 367 g/mol. The average Bonchev–Trinajstić information content (AvgIpc) is 2.93. The SMILES string of the molecule is O=C(CC(O)CO)Oc1cc2c(C(=O)O)c(C(=O)O)c(C(=O)O)cn2c1. The fraction of sp³-hybridized carbons (Fsp3) is 0.200. The maximum atomic E-state index is 11.6. The number of carbonyl (C=O) groups is 4. The first-order valence-corrected chi connectivity index (χ1v) is 7.03. The van der Waals surface area contributed by atoms with Crippen LogP contribution >= 0.6 is 0 Å². The molecule has 0 aliphatic heterocycles. The summed E-state index contributed by atoms with van der Waals surface area (Å²) in [6, 6.07) is 1.05. The van der Waals surface area contributed by atoms with E-state index >= 15 is 0 Å². The van der Waals surface area contributed by atoms with Crippen molar-refractivity contribution in [1.29, 1.82) is 0 Å². The first kappa shape index (κ1) is 18.9. The molecule has 0 aliphatic rings. The summed E-state index contributed by atoms with van der Waals surface area (Å²) >= 11 is 0. The van der Waals surface area contributed by atoms with Gasteiger partial charge in [-0.15, -0.1) is 0 Å². The molecule has 26 heavy (non-hydrogen) atoms. The summed E-state index contributed by atoms with van der Waals surface area (Å²) in [5, 5.41) is 45.6. The molecule has 2 rings (SSSR count). The molecule has 0 fully saturated rings. The molecule has 5 N–H and O–H groups in total. The largest absolute Gasteiger partial charge is 0.478 e. The summed E-state index contributed by atoms with van der Waals surface area (Å²) < 4.78 is 5.89. The number of carbonyl (C=O) groups excluding carboxylic acids is 1. The number of carboxylic acids is 3. The van der Waals surface area contributed by atoms with Crippen LogP contribution in [0.15, 0.2) is 18.5 Å². The number of hydrogen-bond acceptors (Lipinski definition) is 7. The van der Waals surface area contributed by atoms with Crippen molar-refractivity contribution < 1.29 is 49.4 Å². The minimum atomic E-state index is -1.74. The number of esters is 1. The minimum Gasteiger partial charge on any atom is -0.478 e. The van der Waals surface area contributed by atoms with E-state index in [1.54, 1.807) is 0 Å². The number of rotatable bonds is 7. The minimum absolute atomic E-state index is 0.193. The lowest BCUT2D eigenvalue weighted by molar-refractivity contribution is -0.137. The second kappa shape index (κ2) is 7.21. The maximum Gasteiger partial charge on any atom is 0.338 e. The van der Waals surface area contributed by atoms with Gasteiger partial charge in [-0.05, 0) is 0 Å². The number of nitrogens with zero attached hydrogens (tertiary/aromatic N) is 1. The van der Waals surface area contributed by atoms with Crippen LogP contribution in [0.5, 0.6) is 5.75 Å². The van der Waals surface area contributed by atoms with E-state index in [1.807, 2.05) is 0 Å². The number of aromatic carboxylic acids is 3. The molecule has 2 aromatic rings. The van der Waals surface area contributed by atoms with E-state index in [9.17, 15) is 34.5 Å². The quantitative estimate of drug-likeness (QED) is 0.406. The standard InChI is InChI=1S/C15H13NO10/c17-5-6(18)1-10(19)26-7-2-9-12(15(24)25)11(14(22)23)8(13(20)21)4-16(9)3-7/h2-4,6,17-18H,1,5H2,(H,20,21)(H,22,23)(H,24,25). The highest BCUT2D eigenvalue weighted by Gasteiger charge is 2.28. The zero-order chi connectivity index (χ0) is 19.6.